The molecule has 0 aromatic heterocycles. The van der Waals surface area contributed by atoms with Crippen LogP contribution in [0, 0.1) is 7.14 Å². The maximum atomic E-state index is 5.12. The molecule has 4 atom stereocenters. The molecule has 0 amide bonds. The van der Waals surface area contributed by atoms with Crippen LogP contribution in [0.1, 0.15) is 17.0 Å². The summed E-state index contributed by atoms with van der Waals surface area (Å²) in [5, 5.41) is 0. The number of hydrogen-bond acceptors (Lipinski definition) is 0. The van der Waals surface area contributed by atoms with Crippen LogP contribution in [0.5, 0.6) is 0 Å². The van der Waals surface area contributed by atoms with Crippen LogP contribution in [-0.4, -0.2) is 0 Å². The van der Waals surface area contributed by atoms with Crippen LogP contribution in [0.15, 0.2) is 48.6 Å². The third-order valence-corrected chi connectivity index (χ3v) is 62.2. The van der Waals surface area contributed by atoms with E-state index in [1.54, 1.807) is 16.7 Å². The quantitative estimate of drug-likeness (QED) is 0.178. The summed E-state index contributed by atoms with van der Waals surface area (Å²) in [6.45, 7) is 1.95. The molecule has 2 aromatic carbocycles. The Morgan fingerprint density at radius 3 is 1.57 bits per heavy atom. The molecular formula is C25H18FeI2. The summed E-state index contributed by atoms with van der Waals surface area (Å²) in [7, 11) is 0. The Kier molecular flexibility index (Phi) is 0.731. The van der Waals surface area contributed by atoms with Crippen molar-refractivity contribution in [3.8, 4) is 11.1 Å². The van der Waals surface area contributed by atoms with Crippen LogP contribution in [-0.2, 0) is 6.51 Å². The van der Waals surface area contributed by atoms with E-state index < -0.39 is 6.51 Å². The van der Waals surface area contributed by atoms with Crippen molar-refractivity contribution < 1.29 is 6.51 Å². The Morgan fingerprint density at radius 2 is 1.21 bits per heavy atom. The first kappa shape index (κ1) is 12.9. The van der Waals surface area contributed by atoms with Crippen molar-refractivity contribution in [3.05, 3.63) is 66.8 Å². The van der Waals surface area contributed by atoms with E-state index in [2.05, 4.69) is 81.6 Å². The van der Waals surface area contributed by atoms with E-state index in [1.807, 2.05) is 0 Å². The molecular weight excluding hydrogens is 610 g/mol. The van der Waals surface area contributed by atoms with E-state index in [0.29, 0.717) is 5.92 Å². The number of rotatable bonds is 2. The van der Waals surface area contributed by atoms with Gasteiger partial charge in [0.15, 0.2) is 0 Å². The van der Waals surface area contributed by atoms with Gasteiger partial charge in [0.25, 0.3) is 0 Å². The fourth-order valence-corrected chi connectivity index (χ4v) is 95.4. The average Bonchev–Trinajstić information content (AvgIpc) is 3.60. The zero-order valence-electron chi connectivity index (χ0n) is 15.1. The maximum absolute atomic E-state index is 5.12. The molecule has 3 heteroatoms. The summed E-state index contributed by atoms with van der Waals surface area (Å²) in [4.78, 5) is 12.3. The Hall–Kier alpha value is 0.159. The predicted octanol–water partition coefficient (Wildman–Crippen LogP) is 8.32. The standard InChI is InChI=1S/C20H13I2.C5H5.Fe/c1-12(13-4-2-3-5-13)20-18-10-14(21)6-8-16(18)17-9-7-15(22)11-19(17)20;1-2-4-5-3-1;/h2-11,20H,1H2;1-5H;. The fourth-order valence-electron chi connectivity index (χ4n) is 19.9. The van der Waals surface area contributed by atoms with Gasteiger partial charge in [-0.2, -0.15) is 0 Å². The van der Waals surface area contributed by atoms with Crippen LogP contribution in [0.25, 0.3) is 11.1 Å². The molecule has 11 aliphatic rings. The summed E-state index contributed by atoms with van der Waals surface area (Å²) < 4.78 is 3.58. The Labute approximate surface area is 181 Å². The molecule has 2 aromatic rings. The van der Waals surface area contributed by atoms with Gasteiger partial charge in [0, 0.05) is 0 Å². The second-order valence-electron chi connectivity index (χ2n) is 14.1. The van der Waals surface area contributed by atoms with E-state index in [9.17, 15) is 0 Å². The molecule has 0 bridgehead atoms. The van der Waals surface area contributed by atoms with Gasteiger partial charge in [-0.25, -0.2) is 0 Å². The second kappa shape index (κ2) is 1.59. The summed E-state index contributed by atoms with van der Waals surface area (Å²) in [5.41, 5.74) is 7.99. The second-order valence-corrected chi connectivity index (χ2v) is 40.2. The van der Waals surface area contributed by atoms with Gasteiger partial charge in [-0.15, -0.1) is 0 Å². The Bertz CT molecular complexity index is 1630. The Morgan fingerprint density at radius 1 is 0.750 bits per heavy atom. The molecule has 28 heavy (non-hydrogen) atoms. The SMILES string of the molecule is C=C(C1c2cc(I)ccc2-c2ccc(I)cc21)[C]12[CH]3[CH]4[CH]5[CH]1[Fe]45321678[CH]2[CH]1[CH]6[CH]7[CH]28. The monoisotopic (exact) mass is 628 g/mol. The van der Waals surface area contributed by atoms with Crippen LogP contribution < -0.4 is 0 Å². The molecule has 0 N–H and O–H groups in total. The van der Waals surface area contributed by atoms with Crippen molar-refractivity contribution in [2.45, 2.75) is 53.6 Å². The molecule has 1 aliphatic carbocycles. The van der Waals surface area contributed by atoms with Gasteiger partial charge >= 0.3 is 183 Å². The zero-order valence-corrected chi connectivity index (χ0v) is 20.5. The number of hydrogen-bond donors (Lipinski definition) is 0. The molecule has 10 saturated heterocycles. The van der Waals surface area contributed by atoms with Gasteiger partial charge < -0.3 is 0 Å². The average molecular weight is 628 g/mol. The van der Waals surface area contributed by atoms with Crippen molar-refractivity contribution in [1.29, 1.82) is 0 Å². The third-order valence-electron chi connectivity index (χ3n) is 18.5. The predicted molar refractivity (Wildman–Crippen MR) is 125 cm³/mol. The molecule has 0 nitrogen and oxygen atoms in total. The summed E-state index contributed by atoms with van der Waals surface area (Å²) >= 11 is 5.04. The van der Waals surface area contributed by atoms with E-state index in [0.717, 1.165) is 4.31 Å². The van der Waals surface area contributed by atoms with Gasteiger partial charge in [0.1, 0.15) is 0 Å². The van der Waals surface area contributed by atoms with Gasteiger partial charge in [-0.1, -0.05) is 0 Å². The Balaban J connectivity index is 1.17. The van der Waals surface area contributed by atoms with E-state index in [-0.39, 0.29) is 0 Å². The van der Waals surface area contributed by atoms with E-state index in [1.165, 1.54) is 61.6 Å². The summed E-state index contributed by atoms with van der Waals surface area (Å²) in [5.74, 6) is 0.509. The van der Waals surface area contributed by atoms with Crippen LogP contribution in [0.4, 0.5) is 0 Å². The molecule has 140 valence electrons. The number of fused-ring (bicyclic) bond motifs is 13. The molecule has 10 fully saturated rings. The molecule has 1 spiro atoms. The first-order valence-corrected chi connectivity index (χ1v) is 19.3. The van der Waals surface area contributed by atoms with Crippen molar-refractivity contribution in [2.24, 2.45) is 0 Å². The van der Waals surface area contributed by atoms with Crippen molar-refractivity contribution in [1.82, 2.24) is 0 Å². The van der Waals surface area contributed by atoms with E-state index in [4.69, 9.17) is 6.58 Å². The van der Waals surface area contributed by atoms with Gasteiger partial charge in [0.2, 0.25) is 0 Å². The number of allylic oxidation sites excluding steroid dienone is 1. The first-order chi connectivity index (χ1) is 13.3. The summed E-state index contributed by atoms with van der Waals surface area (Å²) in [6, 6.07) is 14.4. The molecule has 10 aliphatic heterocycles. The zero-order chi connectivity index (χ0) is 17.9. The van der Waals surface area contributed by atoms with Gasteiger partial charge in [-0.05, 0) is 0 Å². The molecule has 0 saturated carbocycles. The van der Waals surface area contributed by atoms with Crippen LogP contribution in [0.2, 0.25) is 47.7 Å². The minimum atomic E-state index is -3.16. The third kappa shape index (κ3) is 0.243. The first-order valence-electron chi connectivity index (χ1n) is 10.8. The molecule has 0 radical (unpaired) electrons. The fraction of sp³-hybridized carbons (Fsp3) is 0.440. The van der Waals surface area contributed by atoms with Crippen molar-refractivity contribution >= 4 is 45.2 Å². The van der Waals surface area contributed by atoms with Gasteiger partial charge in [0.05, 0.1) is 0 Å². The van der Waals surface area contributed by atoms with E-state index >= 15 is 0 Å². The molecule has 4 unspecified atom stereocenters. The summed E-state index contributed by atoms with van der Waals surface area (Å²) in [6.07, 6.45) is 0. The number of halogens is 2. The normalized spacial score (nSPS) is 78.6. The topological polar surface area (TPSA) is 0 Å². The van der Waals surface area contributed by atoms with Crippen LogP contribution in [0.3, 0.4) is 0 Å². The van der Waals surface area contributed by atoms with Crippen molar-refractivity contribution in [3.63, 3.8) is 0 Å². The molecule has 13 rings (SSSR count). The van der Waals surface area contributed by atoms with Crippen LogP contribution >= 0.6 is 45.2 Å². The number of benzene rings is 2. The minimum absolute atomic E-state index is 0.509. The van der Waals surface area contributed by atoms with Gasteiger partial charge in [-0.3, -0.25) is 0 Å². The van der Waals surface area contributed by atoms with Crippen molar-refractivity contribution in [2.75, 3.05) is 0 Å². The molecule has 10 heterocycles.